The molecule has 0 bridgehead atoms. The molecule has 0 radical (unpaired) electrons. The smallest absolute Gasteiger partial charge is 0.387 e. The fourth-order valence-corrected chi connectivity index (χ4v) is 1.35. The van der Waals surface area contributed by atoms with E-state index in [-0.39, 0.29) is 22.3 Å². The highest BCUT2D eigenvalue weighted by atomic mass is 35.5. The number of halogens is 4. The van der Waals surface area contributed by atoms with Gasteiger partial charge in [0.25, 0.3) is 0 Å². The van der Waals surface area contributed by atoms with Gasteiger partial charge in [-0.15, -0.1) is 0 Å². The Kier molecular flexibility index (Phi) is 3.92. The largest absolute Gasteiger partial charge is 0.435 e. The third-order valence-corrected chi connectivity index (χ3v) is 2.36. The van der Waals surface area contributed by atoms with E-state index in [1.165, 1.54) is 12.1 Å². The van der Waals surface area contributed by atoms with Gasteiger partial charge in [0.2, 0.25) is 0 Å². The average Bonchev–Trinajstić information content (AvgIpc) is 2.10. The molecule has 0 aliphatic carbocycles. The molecule has 0 aromatic heterocycles. The van der Waals surface area contributed by atoms with Crippen molar-refractivity contribution in [2.45, 2.75) is 13.2 Å². The molecule has 1 aromatic carbocycles. The number of rotatable bonds is 3. The minimum atomic E-state index is -2.89. The lowest BCUT2D eigenvalue weighted by atomic mass is 10.2. The molecule has 78 valence electrons. The van der Waals surface area contributed by atoms with Crippen molar-refractivity contribution in [3.05, 3.63) is 27.7 Å². The summed E-state index contributed by atoms with van der Waals surface area (Å²) in [5.74, 6) is -0.0464. The molecule has 0 saturated carbocycles. The van der Waals surface area contributed by atoms with Crippen LogP contribution in [0.4, 0.5) is 8.78 Å². The summed E-state index contributed by atoms with van der Waals surface area (Å²) in [5.41, 5.74) is 5.80. The van der Waals surface area contributed by atoms with E-state index in [9.17, 15) is 8.78 Å². The van der Waals surface area contributed by atoms with Crippen molar-refractivity contribution < 1.29 is 13.5 Å². The van der Waals surface area contributed by atoms with Gasteiger partial charge >= 0.3 is 6.61 Å². The van der Waals surface area contributed by atoms with Crippen molar-refractivity contribution in [2.24, 2.45) is 5.73 Å². The summed E-state index contributed by atoms with van der Waals surface area (Å²) in [6.07, 6.45) is 0. The van der Waals surface area contributed by atoms with Crippen molar-refractivity contribution in [1.82, 2.24) is 0 Å². The summed E-state index contributed by atoms with van der Waals surface area (Å²) in [7, 11) is 0. The maximum atomic E-state index is 11.9. The molecular weight excluding hydrogens is 235 g/mol. The summed E-state index contributed by atoms with van der Waals surface area (Å²) < 4.78 is 27.9. The standard InChI is InChI=1S/C8H7Cl2F2NO/c9-6-2-5(14-8(11)12)1-4(3-13)7(6)10/h1-2,8H,3,13H2. The van der Waals surface area contributed by atoms with Gasteiger partial charge in [0.1, 0.15) is 5.75 Å². The Balaban J connectivity index is 3.03. The Bertz CT molecular complexity index is 333. The summed E-state index contributed by atoms with van der Waals surface area (Å²) in [5, 5.41) is 0.404. The fourth-order valence-electron chi connectivity index (χ4n) is 0.938. The summed E-state index contributed by atoms with van der Waals surface area (Å²) in [6, 6.07) is 2.55. The molecule has 0 heterocycles. The Hall–Kier alpha value is -0.580. The molecule has 2 nitrogen and oxygen atoms in total. The zero-order chi connectivity index (χ0) is 10.7. The number of ether oxygens (including phenoxy) is 1. The third-order valence-electron chi connectivity index (χ3n) is 1.52. The van der Waals surface area contributed by atoms with E-state index in [0.29, 0.717) is 5.56 Å². The molecule has 0 atom stereocenters. The van der Waals surface area contributed by atoms with Gasteiger partial charge in [-0.05, 0) is 11.6 Å². The topological polar surface area (TPSA) is 35.2 Å². The van der Waals surface area contributed by atoms with Crippen LogP contribution >= 0.6 is 23.2 Å². The molecule has 1 aromatic rings. The van der Waals surface area contributed by atoms with E-state index in [0.717, 1.165) is 0 Å². The van der Waals surface area contributed by atoms with E-state index >= 15 is 0 Å². The predicted molar refractivity (Wildman–Crippen MR) is 51.0 cm³/mol. The van der Waals surface area contributed by atoms with Gasteiger partial charge in [0.05, 0.1) is 10.0 Å². The van der Waals surface area contributed by atoms with Crippen LogP contribution in [0.5, 0.6) is 5.75 Å². The van der Waals surface area contributed by atoms with E-state index in [1.807, 2.05) is 0 Å². The Labute approximate surface area is 89.6 Å². The maximum Gasteiger partial charge on any atom is 0.387 e. The van der Waals surface area contributed by atoms with Gasteiger partial charge < -0.3 is 10.5 Å². The van der Waals surface area contributed by atoms with E-state index < -0.39 is 6.61 Å². The van der Waals surface area contributed by atoms with Crippen molar-refractivity contribution >= 4 is 23.2 Å². The van der Waals surface area contributed by atoms with Crippen LogP contribution in [-0.2, 0) is 6.54 Å². The zero-order valence-corrected chi connectivity index (χ0v) is 8.45. The second-order valence-electron chi connectivity index (χ2n) is 2.46. The Morgan fingerprint density at radius 2 is 2.00 bits per heavy atom. The molecule has 0 unspecified atom stereocenters. The van der Waals surface area contributed by atoms with Crippen molar-refractivity contribution in [3.8, 4) is 5.75 Å². The SMILES string of the molecule is NCc1cc(OC(F)F)cc(Cl)c1Cl. The van der Waals surface area contributed by atoms with Gasteiger partial charge in [-0.3, -0.25) is 0 Å². The fraction of sp³-hybridized carbons (Fsp3) is 0.250. The molecule has 0 fully saturated rings. The van der Waals surface area contributed by atoms with Crippen LogP contribution in [0.25, 0.3) is 0 Å². The molecule has 6 heteroatoms. The summed E-state index contributed by atoms with van der Waals surface area (Å²) >= 11 is 11.4. The van der Waals surface area contributed by atoms with Gasteiger partial charge in [-0.25, -0.2) is 0 Å². The number of benzene rings is 1. The van der Waals surface area contributed by atoms with Gasteiger partial charge in [0, 0.05) is 12.6 Å². The van der Waals surface area contributed by atoms with Crippen LogP contribution in [0.2, 0.25) is 10.0 Å². The van der Waals surface area contributed by atoms with E-state index in [4.69, 9.17) is 28.9 Å². The lowest BCUT2D eigenvalue weighted by Crippen LogP contribution is -2.04. The van der Waals surface area contributed by atoms with Gasteiger partial charge in [0.15, 0.2) is 0 Å². The first-order valence-corrected chi connectivity index (χ1v) is 4.43. The van der Waals surface area contributed by atoms with E-state index in [2.05, 4.69) is 4.74 Å². The van der Waals surface area contributed by atoms with Crippen LogP contribution in [-0.4, -0.2) is 6.61 Å². The van der Waals surface area contributed by atoms with Crippen LogP contribution in [0.1, 0.15) is 5.56 Å². The highest BCUT2D eigenvalue weighted by Crippen LogP contribution is 2.31. The number of hydrogen-bond acceptors (Lipinski definition) is 2. The zero-order valence-electron chi connectivity index (χ0n) is 6.94. The third kappa shape index (κ3) is 2.70. The predicted octanol–water partition coefficient (Wildman–Crippen LogP) is 3.05. The molecule has 0 saturated heterocycles. The first-order chi connectivity index (χ1) is 6.54. The monoisotopic (exact) mass is 241 g/mol. The van der Waals surface area contributed by atoms with Crippen LogP contribution in [0, 0.1) is 0 Å². The molecule has 0 amide bonds. The lowest BCUT2D eigenvalue weighted by Gasteiger charge is -2.08. The Morgan fingerprint density at radius 3 is 2.50 bits per heavy atom. The molecule has 1 rings (SSSR count). The summed E-state index contributed by atoms with van der Waals surface area (Å²) in [6.45, 7) is -2.78. The molecule has 0 aliphatic rings. The van der Waals surface area contributed by atoms with Crippen LogP contribution < -0.4 is 10.5 Å². The van der Waals surface area contributed by atoms with E-state index in [1.54, 1.807) is 0 Å². The highest BCUT2D eigenvalue weighted by Gasteiger charge is 2.10. The maximum absolute atomic E-state index is 11.9. The Morgan fingerprint density at radius 1 is 1.36 bits per heavy atom. The molecule has 14 heavy (non-hydrogen) atoms. The van der Waals surface area contributed by atoms with Crippen molar-refractivity contribution in [2.75, 3.05) is 0 Å². The van der Waals surface area contributed by atoms with Gasteiger partial charge in [-0.2, -0.15) is 8.78 Å². The number of hydrogen-bond donors (Lipinski definition) is 1. The molecular formula is C8H7Cl2F2NO. The second kappa shape index (κ2) is 4.77. The first-order valence-electron chi connectivity index (χ1n) is 3.67. The van der Waals surface area contributed by atoms with Crippen molar-refractivity contribution in [1.29, 1.82) is 0 Å². The summed E-state index contributed by atoms with van der Waals surface area (Å²) in [4.78, 5) is 0. The molecule has 0 spiro atoms. The molecule has 0 aliphatic heterocycles. The van der Waals surface area contributed by atoms with Crippen LogP contribution in [0.3, 0.4) is 0 Å². The quantitative estimate of drug-likeness (QED) is 0.883. The van der Waals surface area contributed by atoms with Gasteiger partial charge in [-0.1, -0.05) is 23.2 Å². The molecule has 2 N–H and O–H groups in total. The number of alkyl halides is 2. The normalized spacial score (nSPS) is 10.7. The lowest BCUT2D eigenvalue weighted by molar-refractivity contribution is -0.0498. The highest BCUT2D eigenvalue weighted by molar-refractivity contribution is 6.42. The minimum Gasteiger partial charge on any atom is -0.435 e. The number of nitrogens with two attached hydrogens (primary N) is 1. The second-order valence-corrected chi connectivity index (χ2v) is 3.25. The average molecular weight is 242 g/mol. The first kappa shape index (κ1) is 11.5. The minimum absolute atomic E-state index is 0.0464. The van der Waals surface area contributed by atoms with Crippen molar-refractivity contribution in [3.63, 3.8) is 0 Å². The van der Waals surface area contributed by atoms with Crippen LogP contribution in [0.15, 0.2) is 12.1 Å².